The Morgan fingerprint density at radius 3 is 2.30 bits per heavy atom. The normalized spacial score (nSPS) is 18.3. The van der Waals surface area contributed by atoms with Gasteiger partial charge >= 0.3 is 0 Å². The molecule has 1 saturated heterocycles. The van der Waals surface area contributed by atoms with Gasteiger partial charge in [-0.05, 0) is 69.0 Å². The number of Topliss-reactive ketones (excluding diaryl/α,β-unsaturated/α-hetero) is 1. The van der Waals surface area contributed by atoms with Crippen LogP contribution in [-0.4, -0.2) is 34.3 Å². The summed E-state index contributed by atoms with van der Waals surface area (Å²) in [5, 5.41) is 11.1. The van der Waals surface area contributed by atoms with E-state index in [1.165, 1.54) is 0 Å². The molecular formula is C25H29NO4. The highest BCUT2D eigenvalue weighted by atomic mass is 16.5. The molecule has 2 aromatic carbocycles. The molecule has 30 heavy (non-hydrogen) atoms. The smallest absolute Gasteiger partial charge is 0.295 e. The number of ketones is 1. The van der Waals surface area contributed by atoms with Crippen molar-refractivity contribution in [2.75, 3.05) is 6.54 Å². The number of aliphatic hydroxyl groups excluding tert-OH is 1. The van der Waals surface area contributed by atoms with Gasteiger partial charge in [-0.25, -0.2) is 0 Å². The first-order valence-corrected chi connectivity index (χ1v) is 10.4. The SMILES string of the molecule is CCCN1C(=O)C(=O)/C(=C(\O)c2ccc(C)c(C)c2)C1c1ccc(OC(C)C)cc1. The molecule has 0 radical (unpaired) electrons. The quantitative estimate of drug-likeness (QED) is 0.419. The topological polar surface area (TPSA) is 66.8 Å². The number of rotatable bonds is 6. The Morgan fingerprint density at radius 1 is 1.07 bits per heavy atom. The predicted octanol–water partition coefficient (Wildman–Crippen LogP) is 4.92. The van der Waals surface area contributed by atoms with Gasteiger partial charge in [0, 0.05) is 12.1 Å². The number of nitrogens with zero attached hydrogens (tertiary/aromatic N) is 1. The molecule has 1 heterocycles. The predicted molar refractivity (Wildman–Crippen MR) is 117 cm³/mol. The lowest BCUT2D eigenvalue weighted by atomic mass is 9.94. The molecular weight excluding hydrogens is 378 g/mol. The Morgan fingerprint density at radius 2 is 1.73 bits per heavy atom. The number of benzene rings is 2. The van der Waals surface area contributed by atoms with Gasteiger partial charge in [0.15, 0.2) is 0 Å². The van der Waals surface area contributed by atoms with Gasteiger partial charge in [0.05, 0.1) is 17.7 Å². The second kappa shape index (κ2) is 8.74. The molecule has 1 fully saturated rings. The molecule has 0 spiro atoms. The summed E-state index contributed by atoms with van der Waals surface area (Å²) in [5.41, 5.74) is 3.54. The summed E-state index contributed by atoms with van der Waals surface area (Å²) in [4.78, 5) is 27.2. The second-order valence-electron chi connectivity index (χ2n) is 8.03. The first kappa shape index (κ1) is 21.6. The van der Waals surface area contributed by atoms with E-state index in [1.807, 2.05) is 71.0 Å². The molecule has 1 amide bonds. The van der Waals surface area contributed by atoms with Crippen molar-refractivity contribution in [1.29, 1.82) is 0 Å². The molecule has 2 aromatic rings. The van der Waals surface area contributed by atoms with Gasteiger partial charge in [-0.15, -0.1) is 0 Å². The maximum absolute atomic E-state index is 12.9. The lowest BCUT2D eigenvalue weighted by Gasteiger charge is -2.25. The standard InChI is InChI=1S/C25H29NO4/c1-6-13-26-22(18-9-11-20(12-10-18)30-15(2)3)21(24(28)25(26)29)23(27)19-8-7-16(4)17(5)14-19/h7-12,14-15,22,27H,6,13H2,1-5H3/b23-21-. The number of likely N-dealkylation sites (tertiary alicyclic amines) is 1. The fraction of sp³-hybridized carbons (Fsp3) is 0.360. The number of ether oxygens (including phenoxy) is 1. The number of aliphatic hydroxyl groups is 1. The number of aryl methyl sites for hydroxylation is 2. The van der Waals surface area contributed by atoms with E-state index >= 15 is 0 Å². The number of hydrogen-bond donors (Lipinski definition) is 1. The third-order valence-corrected chi connectivity index (χ3v) is 5.35. The molecule has 1 atom stereocenters. The second-order valence-corrected chi connectivity index (χ2v) is 8.03. The fourth-order valence-electron chi connectivity index (χ4n) is 3.74. The van der Waals surface area contributed by atoms with E-state index in [-0.39, 0.29) is 17.4 Å². The molecule has 1 aliphatic heterocycles. The Bertz CT molecular complexity index is 989. The summed E-state index contributed by atoms with van der Waals surface area (Å²) in [5.74, 6) is -0.640. The summed E-state index contributed by atoms with van der Waals surface area (Å²) in [6, 6.07) is 12.3. The zero-order valence-electron chi connectivity index (χ0n) is 18.2. The van der Waals surface area contributed by atoms with Gasteiger partial charge in [0.25, 0.3) is 11.7 Å². The summed E-state index contributed by atoms with van der Waals surface area (Å²) >= 11 is 0. The van der Waals surface area contributed by atoms with Gasteiger partial charge in [-0.2, -0.15) is 0 Å². The molecule has 1 N–H and O–H groups in total. The minimum absolute atomic E-state index is 0.0476. The van der Waals surface area contributed by atoms with Crippen molar-refractivity contribution in [1.82, 2.24) is 4.90 Å². The summed E-state index contributed by atoms with van der Waals surface area (Å²) in [6.45, 7) is 10.2. The number of hydrogen-bond acceptors (Lipinski definition) is 4. The van der Waals surface area contributed by atoms with E-state index < -0.39 is 17.7 Å². The van der Waals surface area contributed by atoms with Crippen molar-refractivity contribution < 1.29 is 19.4 Å². The van der Waals surface area contributed by atoms with Gasteiger partial charge in [-0.1, -0.05) is 31.2 Å². The number of carbonyl (C=O) groups is 2. The van der Waals surface area contributed by atoms with Crippen molar-refractivity contribution in [3.63, 3.8) is 0 Å². The molecule has 1 unspecified atom stereocenters. The highest BCUT2D eigenvalue weighted by molar-refractivity contribution is 6.46. The maximum atomic E-state index is 12.9. The van der Waals surface area contributed by atoms with Crippen molar-refractivity contribution in [2.24, 2.45) is 0 Å². The molecule has 0 saturated carbocycles. The molecule has 158 valence electrons. The highest BCUT2D eigenvalue weighted by Crippen LogP contribution is 2.40. The zero-order valence-corrected chi connectivity index (χ0v) is 18.2. The Kier molecular flexibility index (Phi) is 6.30. The van der Waals surface area contributed by atoms with E-state index in [1.54, 1.807) is 11.0 Å². The average Bonchev–Trinajstić information content (AvgIpc) is 2.95. The van der Waals surface area contributed by atoms with Crippen molar-refractivity contribution in [2.45, 2.75) is 53.2 Å². The van der Waals surface area contributed by atoms with Crippen LogP contribution in [0.25, 0.3) is 5.76 Å². The van der Waals surface area contributed by atoms with Crippen LogP contribution in [0.1, 0.15) is 55.5 Å². The summed E-state index contributed by atoms with van der Waals surface area (Å²) in [7, 11) is 0. The third-order valence-electron chi connectivity index (χ3n) is 5.35. The van der Waals surface area contributed by atoms with Crippen LogP contribution in [0.2, 0.25) is 0 Å². The van der Waals surface area contributed by atoms with E-state index in [2.05, 4.69) is 0 Å². The molecule has 0 bridgehead atoms. The van der Waals surface area contributed by atoms with E-state index in [0.717, 1.165) is 22.4 Å². The van der Waals surface area contributed by atoms with Crippen LogP contribution < -0.4 is 4.74 Å². The van der Waals surface area contributed by atoms with Crippen LogP contribution in [0.3, 0.4) is 0 Å². The Hall–Kier alpha value is -3.08. The first-order chi connectivity index (χ1) is 14.2. The van der Waals surface area contributed by atoms with Gasteiger partial charge in [0.1, 0.15) is 11.5 Å². The molecule has 5 heteroatoms. The Labute approximate surface area is 178 Å². The van der Waals surface area contributed by atoms with Crippen molar-refractivity contribution in [3.8, 4) is 5.75 Å². The Balaban J connectivity index is 2.12. The van der Waals surface area contributed by atoms with Crippen LogP contribution in [0, 0.1) is 13.8 Å². The largest absolute Gasteiger partial charge is 0.507 e. The van der Waals surface area contributed by atoms with Crippen LogP contribution in [0.5, 0.6) is 5.75 Å². The van der Waals surface area contributed by atoms with Crippen LogP contribution in [0.4, 0.5) is 0 Å². The van der Waals surface area contributed by atoms with Crippen LogP contribution >= 0.6 is 0 Å². The zero-order chi connectivity index (χ0) is 22.0. The van der Waals surface area contributed by atoms with E-state index in [0.29, 0.717) is 18.5 Å². The van der Waals surface area contributed by atoms with Crippen molar-refractivity contribution in [3.05, 3.63) is 70.3 Å². The van der Waals surface area contributed by atoms with E-state index in [9.17, 15) is 14.7 Å². The lowest BCUT2D eigenvalue weighted by Crippen LogP contribution is -2.30. The maximum Gasteiger partial charge on any atom is 0.295 e. The van der Waals surface area contributed by atoms with Gasteiger partial charge in [-0.3, -0.25) is 9.59 Å². The molecule has 5 nitrogen and oxygen atoms in total. The van der Waals surface area contributed by atoms with E-state index in [4.69, 9.17) is 4.74 Å². The highest BCUT2D eigenvalue weighted by Gasteiger charge is 2.45. The fourth-order valence-corrected chi connectivity index (χ4v) is 3.74. The number of amides is 1. The molecule has 1 aliphatic rings. The van der Waals surface area contributed by atoms with Crippen LogP contribution in [-0.2, 0) is 9.59 Å². The van der Waals surface area contributed by atoms with Crippen molar-refractivity contribution >= 4 is 17.4 Å². The summed E-state index contributed by atoms with van der Waals surface area (Å²) in [6.07, 6.45) is 0.758. The molecule has 0 aromatic heterocycles. The molecule has 0 aliphatic carbocycles. The first-order valence-electron chi connectivity index (χ1n) is 10.4. The number of carbonyl (C=O) groups excluding carboxylic acids is 2. The monoisotopic (exact) mass is 407 g/mol. The van der Waals surface area contributed by atoms with Gasteiger partial charge < -0.3 is 14.7 Å². The summed E-state index contributed by atoms with van der Waals surface area (Å²) < 4.78 is 5.71. The van der Waals surface area contributed by atoms with Crippen LogP contribution in [0.15, 0.2) is 48.0 Å². The molecule has 3 rings (SSSR count). The minimum atomic E-state index is -0.647. The third kappa shape index (κ3) is 4.11. The van der Waals surface area contributed by atoms with Gasteiger partial charge in [0.2, 0.25) is 0 Å². The minimum Gasteiger partial charge on any atom is -0.507 e. The lowest BCUT2D eigenvalue weighted by molar-refractivity contribution is -0.139. The average molecular weight is 408 g/mol.